The van der Waals surface area contributed by atoms with Gasteiger partial charge in [0.1, 0.15) is 29.9 Å². The Morgan fingerprint density at radius 2 is 1.92 bits per heavy atom. The molecule has 1 heterocycles. The molecule has 0 spiro atoms. The van der Waals surface area contributed by atoms with Crippen LogP contribution in [0.4, 0.5) is 0 Å². The standard InChI is InChI=1S/C17H23NO5S/c1-11(19)18-10-13-14(20)15(21)16(22)17(23-13)24-9-5-8-12-6-3-2-4-7-12/h2-8,13-17,20-22H,9-10H2,1H3,(H,18,19)/t13-,14-,15+,16+,17-/m1/s1. The van der Waals surface area contributed by atoms with Gasteiger partial charge in [0.2, 0.25) is 5.91 Å². The lowest BCUT2D eigenvalue weighted by Crippen LogP contribution is -2.59. The fourth-order valence-electron chi connectivity index (χ4n) is 2.37. The van der Waals surface area contributed by atoms with Crippen LogP contribution in [0.15, 0.2) is 36.4 Å². The van der Waals surface area contributed by atoms with Crippen LogP contribution in [0.3, 0.4) is 0 Å². The first-order valence-electron chi connectivity index (χ1n) is 7.76. The summed E-state index contributed by atoms with van der Waals surface area (Å²) in [5, 5.41) is 32.5. The zero-order valence-corrected chi connectivity index (χ0v) is 14.2. The molecule has 1 amide bonds. The molecule has 4 N–H and O–H groups in total. The number of benzene rings is 1. The van der Waals surface area contributed by atoms with Crippen molar-refractivity contribution in [2.45, 2.75) is 36.8 Å². The average molecular weight is 353 g/mol. The van der Waals surface area contributed by atoms with Gasteiger partial charge < -0.3 is 25.4 Å². The Kier molecular flexibility index (Phi) is 7.26. The van der Waals surface area contributed by atoms with Crippen LogP contribution in [0.2, 0.25) is 0 Å². The highest BCUT2D eigenvalue weighted by Gasteiger charge is 2.43. The van der Waals surface area contributed by atoms with Gasteiger partial charge in [0.05, 0.1) is 0 Å². The summed E-state index contributed by atoms with van der Waals surface area (Å²) < 4.78 is 5.64. The van der Waals surface area contributed by atoms with Gasteiger partial charge in [-0.15, -0.1) is 11.8 Å². The maximum atomic E-state index is 11.0. The zero-order valence-electron chi connectivity index (χ0n) is 13.4. The van der Waals surface area contributed by atoms with E-state index in [1.165, 1.54) is 18.7 Å². The van der Waals surface area contributed by atoms with Crippen molar-refractivity contribution in [1.29, 1.82) is 0 Å². The van der Waals surface area contributed by atoms with Gasteiger partial charge in [0.15, 0.2) is 0 Å². The summed E-state index contributed by atoms with van der Waals surface area (Å²) in [5.41, 5.74) is 0.393. The molecule has 1 aromatic rings. The summed E-state index contributed by atoms with van der Waals surface area (Å²) in [6, 6.07) is 9.81. The van der Waals surface area contributed by atoms with Gasteiger partial charge >= 0.3 is 0 Å². The lowest BCUT2D eigenvalue weighted by atomic mass is 10.00. The number of hydrogen-bond acceptors (Lipinski definition) is 6. The second kappa shape index (κ2) is 9.19. The normalized spacial score (nSPS) is 30.4. The quantitative estimate of drug-likeness (QED) is 0.590. The van der Waals surface area contributed by atoms with Gasteiger partial charge in [-0.1, -0.05) is 42.5 Å². The number of thioether (sulfide) groups is 1. The predicted molar refractivity (Wildman–Crippen MR) is 93.3 cm³/mol. The van der Waals surface area contributed by atoms with E-state index in [0.29, 0.717) is 5.75 Å². The van der Waals surface area contributed by atoms with Crippen LogP contribution in [0, 0.1) is 0 Å². The van der Waals surface area contributed by atoms with Crippen molar-refractivity contribution in [1.82, 2.24) is 5.32 Å². The molecule has 0 unspecified atom stereocenters. The first-order chi connectivity index (χ1) is 11.5. The van der Waals surface area contributed by atoms with Gasteiger partial charge in [0.25, 0.3) is 0 Å². The number of aliphatic hydroxyl groups is 3. The maximum absolute atomic E-state index is 11.0. The number of hydrogen-bond donors (Lipinski definition) is 4. The molecule has 0 aromatic heterocycles. The summed E-state index contributed by atoms with van der Waals surface area (Å²) in [7, 11) is 0. The Morgan fingerprint density at radius 1 is 1.21 bits per heavy atom. The Morgan fingerprint density at radius 3 is 2.58 bits per heavy atom. The molecule has 7 heteroatoms. The van der Waals surface area contributed by atoms with Crippen LogP contribution in [-0.4, -0.2) is 63.4 Å². The van der Waals surface area contributed by atoms with E-state index in [1.54, 1.807) is 0 Å². The van der Waals surface area contributed by atoms with Gasteiger partial charge in [-0.05, 0) is 5.56 Å². The molecular weight excluding hydrogens is 330 g/mol. The smallest absolute Gasteiger partial charge is 0.216 e. The van der Waals surface area contributed by atoms with E-state index in [0.717, 1.165) is 5.56 Å². The van der Waals surface area contributed by atoms with Crippen LogP contribution in [0.1, 0.15) is 12.5 Å². The summed E-state index contributed by atoms with van der Waals surface area (Å²) in [6.07, 6.45) is -0.609. The Labute approximate surface area is 145 Å². The van der Waals surface area contributed by atoms with Gasteiger partial charge in [-0.2, -0.15) is 0 Å². The third kappa shape index (κ3) is 5.32. The highest BCUT2D eigenvalue weighted by Crippen LogP contribution is 2.28. The molecule has 1 aromatic carbocycles. The summed E-state index contributed by atoms with van der Waals surface area (Å²) in [6.45, 7) is 1.44. The number of aliphatic hydroxyl groups excluding tert-OH is 3. The van der Waals surface area contributed by atoms with E-state index in [2.05, 4.69) is 5.32 Å². The highest BCUT2D eigenvalue weighted by molar-refractivity contribution is 7.99. The molecule has 132 valence electrons. The Bertz CT molecular complexity index is 553. The van der Waals surface area contributed by atoms with Crippen LogP contribution in [0.5, 0.6) is 0 Å². The molecular formula is C17H23NO5S. The third-order valence-electron chi connectivity index (χ3n) is 3.69. The molecule has 1 aliphatic heterocycles. The van der Waals surface area contributed by atoms with Crippen LogP contribution in [-0.2, 0) is 9.53 Å². The minimum absolute atomic E-state index is 0.0806. The number of ether oxygens (including phenoxy) is 1. The minimum atomic E-state index is -1.31. The molecule has 24 heavy (non-hydrogen) atoms. The molecule has 1 aliphatic rings. The summed E-state index contributed by atoms with van der Waals surface area (Å²) >= 11 is 1.33. The van der Waals surface area contributed by atoms with E-state index >= 15 is 0 Å². The van der Waals surface area contributed by atoms with Crippen molar-refractivity contribution in [3.8, 4) is 0 Å². The second-order valence-electron chi connectivity index (χ2n) is 5.60. The van der Waals surface area contributed by atoms with E-state index in [9.17, 15) is 20.1 Å². The average Bonchev–Trinajstić information content (AvgIpc) is 2.58. The van der Waals surface area contributed by atoms with Crippen molar-refractivity contribution in [2.24, 2.45) is 0 Å². The molecule has 0 bridgehead atoms. The van der Waals surface area contributed by atoms with E-state index in [4.69, 9.17) is 4.74 Å². The molecule has 0 saturated carbocycles. The lowest BCUT2D eigenvalue weighted by Gasteiger charge is -2.40. The predicted octanol–water partition coefficient (Wildman–Crippen LogP) is 0.377. The van der Waals surface area contributed by atoms with Crippen molar-refractivity contribution >= 4 is 23.7 Å². The van der Waals surface area contributed by atoms with Crippen molar-refractivity contribution in [2.75, 3.05) is 12.3 Å². The largest absolute Gasteiger partial charge is 0.388 e. The zero-order chi connectivity index (χ0) is 17.5. The first kappa shape index (κ1) is 19.0. The number of carbonyl (C=O) groups excluding carboxylic acids is 1. The molecule has 0 radical (unpaired) electrons. The van der Waals surface area contributed by atoms with Crippen molar-refractivity contribution < 1.29 is 24.9 Å². The Balaban J connectivity index is 1.88. The third-order valence-corrected chi connectivity index (χ3v) is 4.79. The van der Waals surface area contributed by atoms with Gasteiger partial charge in [-0.3, -0.25) is 4.79 Å². The fraction of sp³-hybridized carbons (Fsp3) is 0.471. The second-order valence-corrected chi connectivity index (χ2v) is 6.73. The molecule has 1 saturated heterocycles. The molecule has 1 fully saturated rings. The highest BCUT2D eigenvalue weighted by atomic mass is 32.2. The molecule has 5 atom stereocenters. The van der Waals surface area contributed by atoms with Gasteiger partial charge in [0, 0.05) is 19.2 Å². The topological polar surface area (TPSA) is 99.0 Å². The summed E-state index contributed by atoms with van der Waals surface area (Å²) in [4.78, 5) is 11.0. The van der Waals surface area contributed by atoms with E-state index in [-0.39, 0.29) is 12.5 Å². The SMILES string of the molecule is CC(=O)NC[C@H]1O[C@H](SCC=Cc2ccccc2)[C@@H](O)[C@@H](O)[C@@H]1O. The van der Waals surface area contributed by atoms with E-state index < -0.39 is 29.9 Å². The van der Waals surface area contributed by atoms with Crippen LogP contribution >= 0.6 is 11.8 Å². The summed E-state index contributed by atoms with van der Waals surface area (Å²) in [5.74, 6) is 0.327. The number of rotatable bonds is 6. The van der Waals surface area contributed by atoms with Crippen LogP contribution in [0.25, 0.3) is 6.08 Å². The van der Waals surface area contributed by atoms with Crippen molar-refractivity contribution in [3.05, 3.63) is 42.0 Å². The first-order valence-corrected chi connectivity index (χ1v) is 8.81. The van der Waals surface area contributed by atoms with Gasteiger partial charge in [-0.25, -0.2) is 0 Å². The van der Waals surface area contributed by atoms with E-state index in [1.807, 2.05) is 42.5 Å². The number of nitrogens with one attached hydrogen (secondary N) is 1. The molecule has 6 nitrogen and oxygen atoms in total. The monoisotopic (exact) mass is 353 g/mol. The lowest BCUT2D eigenvalue weighted by molar-refractivity contribution is -0.196. The number of carbonyl (C=O) groups is 1. The Hall–Kier alpha value is -1.38. The van der Waals surface area contributed by atoms with Crippen LogP contribution < -0.4 is 5.32 Å². The fourth-order valence-corrected chi connectivity index (χ4v) is 3.34. The number of amides is 1. The molecule has 0 aliphatic carbocycles. The minimum Gasteiger partial charge on any atom is -0.388 e. The molecule has 2 rings (SSSR count). The van der Waals surface area contributed by atoms with Crippen molar-refractivity contribution in [3.63, 3.8) is 0 Å². The maximum Gasteiger partial charge on any atom is 0.216 e.